The van der Waals surface area contributed by atoms with Crippen LogP contribution in [0.2, 0.25) is 0 Å². The summed E-state index contributed by atoms with van der Waals surface area (Å²) < 4.78 is 6.10. The molecule has 0 bridgehead atoms. The highest BCUT2D eigenvalue weighted by Crippen LogP contribution is 2.50. The fourth-order valence-corrected chi connectivity index (χ4v) is 3.80. The lowest BCUT2D eigenvalue weighted by molar-refractivity contribution is 0.477. The van der Waals surface area contributed by atoms with Crippen molar-refractivity contribution in [2.45, 2.75) is 6.17 Å². The largest absolute Gasteiger partial charge is 0.453 e. The molecule has 0 amide bonds. The maximum absolute atomic E-state index is 6.10. The Labute approximate surface area is 173 Å². The predicted octanol–water partition coefficient (Wildman–Crippen LogP) is 5.04. The number of para-hydroxylation sites is 4. The van der Waals surface area contributed by atoms with Crippen LogP contribution in [0.15, 0.2) is 94.0 Å². The number of benzene rings is 3. The van der Waals surface area contributed by atoms with Crippen LogP contribution >= 0.6 is 0 Å². The molecule has 144 valence electrons. The smallest absolute Gasteiger partial charge is 0.179 e. The van der Waals surface area contributed by atoms with Crippen molar-refractivity contribution < 1.29 is 4.74 Å². The fraction of sp³-hybridized carbons (Fsp3) is 0.0417. The summed E-state index contributed by atoms with van der Waals surface area (Å²) in [5.41, 5.74) is 4.93. The zero-order chi connectivity index (χ0) is 19.9. The molecule has 6 heteroatoms. The third kappa shape index (κ3) is 2.69. The lowest BCUT2D eigenvalue weighted by atomic mass is 10.1. The predicted molar refractivity (Wildman–Crippen MR) is 121 cm³/mol. The Morgan fingerprint density at radius 3 is 2.23 bits per heavy atom. The highest BCUT2D eigenvalue weighted by molar-refractivity contribution is 6.22. The van der Waals surface area contributed by atoms with E-state index in [2.05, 4.69) is 61.6 Å². The quantitative estimate of drug-likeness (QED) is 0.520. The molecule has 1 unspecified atom stereocenters. The standard InChI is InChI=1S/C24H17N5O/c1-3-7-21-19(5-1)29(20-6-2-4-8-22(20)30-21)17-11-9-16(10-12-17)18-15-27-23-24(28-18)26-14-13-25-23/h1-15,23,27H. The maximum Gasteiger partial charge on any atom is 0.179 e. The number of hydrogen-bond acceptors (Lipinski definition) is 6. The van der Waals surface area contributed by atoms with Crippen LogP contribution in [0.5, 0.6) is 11.5 Å². The van der Waals surface area contributed by atoms with E-state index >= 15 is 0 Å². The average Bonchev–Trinajstić information content (AvgIpc) is 2.82. The maximum atomic E-state index is 6.10. The Morgan fingerprint density at radius 2 is 1.50 bits per heavy atom. The minimum atomic E-state index is -0.195. The van der Waals surface area contributed by atoms with Gasteiger partial charge in [0.1, 0.15) is 0 Å². The normalized spacial score (nSPS) is 18.3. The van der Waals surface area contributed by atoms with Gasteiger partial charge in [0, 0.05) is 29.9 Å². The molecule has 0 saturated carbocycles. The monoisotopic (exact) mass is 391 g/mol. The first kappa shape index (κ1) is 16.7. The lowest BCUT2D eigenvalue weighted by Crippen LogP contribution is -2.35. The van der Waals surface area contributed by atoms with E-state index in [1.54, 1.807) is 12.4 Å². The third-order valence-corrected chi connectivity index (χ3v) is 5.22. The fourth-order valence-electron chi connectivity index (χ4n) is 3.80. The van der Waals surface area contributed by atoms with Crippen LogP contribution in [0, 0.1) is 0 Å². The average molecular weight is 391 g/mol. The van der Waals surface area contributed by atoms with Crippen LogP contribution in [-0.4, -0.2) is 24.4 Å². The molecule has 0 aromatic heterocycles. The van der Waals surface area contributed by atoms with Crippen LogP contribution in [0.25, 0.3) is 5.70 Å². The van der Waals surface area contributed by atoms with Gasteiger partial charge in [-0.2, -0.15) is 0 Å². The van der Waals surface area contributed by atoms with Crippen LogP contribution in [-0.2, 0) is 0 Å². The molecule has 0 fully saturated rings. The molecule has 0 aliphatic carbocycles. The van der Waals surface area contributed by atoms with Crippen LogP contribution in [0.1, 0.15) is 5.56 Å². The summed E-state index contributed by atoms with van der Waals surface area (Å²) in [6, 6.07) is 24.5. The SMILES string of the molecule is C1=NC2=NC(c3ccc(N4c5ccccc5Oc5ccccc54)cc3)=CNC2N=C1. The molecule has 6 rings (SSSR count). The molecule has 3 aliphatic rings. The number of hydrogen-bond donors (Lipinski definition) is 1. The van der Waals surface area contributed by atoms with Crippen molar-refractivity contribution >= 4 is 41.0 Å². The van der Waals surface area contributed by atoms with Crippen molar-refractivity contribution in [2.75, 3.05) is 4.90 Å². The number of nitrogens with zero attached hydrogens (tertiary/aromatic N) is 4. The van der Waals surface area contributed by atoms with E-state index in [1.165, 1.54) is 0 Å². The first-order chi connectivity index (χ1) is 14.9. The number of rotatable bonds is 2. The molecule has 6 nitrogen and oxygen atoms in total. The molecule has 3 aromatic carbocycles. The zero-order valence-corrected chi connectivity index (χ0v) is 15.9. The number of anilines is 3. The van der Waals surface area contributed by atoms with Gasteiger partial charge in [0.15, 0.2) is 23.5 Å². The van der Waals surface area contributed by atoms with Crippen molar-refractivity contribution in [3.05, 3.63) is 84.6 Å². The lowest BCUT2D eigenvalue weighted by Gasteiger charge is -2.32. The van der Waals surface area contributed by atoms with Crippen LogP contribution in [0.3, 0.4) is 0 Å². The van der Waals surface area contributed by atoms with Gasteiger partial charge in [0.2, 0.25) is 0 Å². The molecule has 0 radical (unpaired) electrons. The van der Waals surface area contributed by atoms with Gasteiger partial charge >= 0.3 is 0 Å². The number of fused-ring (bicyclic) bond motifs is 3. The van der Waals surface area contributed by atoms with E-state index < -0.39 is 0 Å². The molecular formula is C24H17N5O. The Kier molecular flexibility index (Phi) is 3.74. The summed E-state index contributed by atoms with van der Waals surface area (Å²) in [5.74, 6) is 2.36. The second-order valence-corrected chi connectivity index (χ2v) is 7.06. The van der Waals surface area contributed by atoms with Crippen molar-refractivity contribution in [2.24, 2.45) is 15.0 Å². The van der Waals surface area contributed by atoms with Gasteiger partial charge < -0.3 is 15.0 Å². The number of nitrogens with one attached hydrogen (secondary N) is 1. The molecule has 3 heterocycles. The molecule has 1 atom stereocenters. The Bertz CT molecular complexity index is 1210. The van der Waals surface area contributed by atoms with Crippen LogP contribution < -0.4 is 15.0 Å². The molecular weight excluding hydrogens is 374 g/mol. The highest BCUT2D eigenvalue weighted by atomic mass is 16.5. The van der Waals surface area contributed by atoms with Crippen LogP contribution in [0.4, 0.5) is 17.1 Å². The second kappa shape index (κ2) is 6.70. The first-order valence-corrected chi connectivity index (χ1v) is 9.74. The van der Waals surface area contributed by atoms with Gasteiger partial charge in [0.05, 0.1) is 17.1 Å². The zero-order valence-electron chi connectivity index (χ0n) is 15.9. The molecule has 0 spiro atoms. The second-order valence-electron chi connectivity index (χ2n) is 7.06. The number of aliphatic imine (C=N–C) groups is 3. The van der Waals surface area contributed by atoms with E-state index in [4.69, 9.17) is 4.74 Å². The Morgan fingerprint density at radius 1 is 0.800 bits per heavy atom. The van der Waals surface area contributed by atoms with E-state index in [1.807, 2.05) is 42.6 Å². The Balaban J connectivity index is 1.38. The number of ether oxygens (including phenoxy) is 1. The minimum Gasteiger partial charge on any atom is -0.453 e. The highest BCUT2D eigenvalue weighted by Gasteiger charge is 2.25. The van der Waals surface area contributed by atoms with Gasteiger partial charge in [-0.15, -0.1) is 0 Å². The van der Waals surface area contributed by atoms with Gasteiger partial charge in [0.25, 0.3) is 0 Å². The topological polar surface area (TPSA) is 61.6 Å². The molecule has 1 N–H and O–H groups in total. The van der Waals surface area contributed by atoms with E-state index in [9.17, 15) is 0 Å². The van der Waals surface area contributed by atoms with E-state index in [0.717, 1.165) is 39.8 Å². The summed E-state index contributed by atoms with van der Waals surface area (Å²) in [6.45, 7) is 0. The van der Waals surface area contributed by atoms with E-state index in [-0.39, 0.29) is 6.17 Å². The van der Waals surface area contributed by atoms with Gasteiger partial charge in [-0.1, -0.05) is 36.4 Å². The van der Waals surface area contributed by atoms with Gasteiger partial charge in [-0.05, 0) is 36.4 Å². The summed E-state index contributed by atoms with van der Waals surface area (Å²) in [5, 5.41) is 3.24. The first-order valence-electron chi connectivity index (χ1n) is 9.74. The minimum absolute atomic E-state index is 0.195. The molecule has 3 aliphatic heterocycles. The summed E-state index contributed by atoms with van der Waals surface area (Å²) in [4.78, 5) is 15.5. The molecule has 30 heavy (non-hydrogen) atoms. The van der Waals surface area contributed by atoms with Crippen molar-refractivity contribution in [3.63, 3.8) is 0 Å². The summed E-state index contributed by atoms with van der Waals surface area (Å²) in [6.07, 6.45) is 5.04. The molecule has 3 aromatic rings. The summed E-state index contributed by atoms with van der Waals surface area (Å²) >= 11 is 0. The summed E-state index contributed by atoms with van der Waals surface area (Å²) in [7, 11) is 0. The van der Waals surface area contributed by atoms with Crippen molar-refractivity contribution in [1.82, 2.24) is 5.32 Å². The molecule has 0 saturated heterocycles. The van der Waals surface area contributed by atoms with Gasteiger partial charge in [-0.3, -0.25) is 4.99 Å². The van der Waals surface area contributed by atoms with E-state index in [0.29, 0.717) is 5.84 Å². The van der Waals surface area contributed by atoms with Gasteiger partial charge in [-0.25, -0.2) is 9.98 Å². The van der Waals surface area contributed by atoms with Crippen molar-refractivity contribution in [3.8, 4) is 11.5 Å². The Hall–Kier alpha value is -4.19. The third-order valence-electron chi connectivity index (χ3n) is 5.22. The number of amidine groups is 1. The van der Waals surface area contributed by atoms with Crippen molar-refractivity contribution in [1.29, 1.82) is 0 Å².